The number of nitrogens with zero attached hydrogens (tertiary/aromatic N) is 4. The predicted molar refractivity (Wildman–Crippen MR) is 70.7 cm³/mol. The largest absolute Gasteiger partial charge is 0.492 e. The molecule has 0 aliphatic rings. The fourth-order valence-corrected chi connectivity index (χ4v) is 3.08. The van der Waals surface area contributed by atoms with E-state index in [1.807, 2.05) is 0 Å². The summed E-state index contributed by atoms with van der Waals surface area (Å²) < 4.78 is 1.99. The number of ketones is 1. The molecule has 0 spiro atoms. The van der Waals surface area contributed by atoms with Crippen LogP contribution in [0.5, 0.6) is 0 Å². The molecule has 7 nitrogen and oxygen atoms in total. The van der Waals surface area contributed by atoms with Crippen molar-refractivity contribution in [1.29, 1.82) is 0 Å². The topological polar surface area (TPSA) is 90.9 Å². The molecule has 0 amide bonds. The maximum Gasteiger partial charge on any atom is 0.492 e. The highest BCUT2D eigenvalue weighted by atomic mass is 79.9. The van der Waals surface area contributed by atoms with Gasteiger partial charge < -0.3 is 10.1 Å². The number of hydrogen-bond acceptors (Lipinski definition) is 6. The highest BCUT2D eigenvalue weighted by Crippen LogP contribution is 2.24. The molecule has 94 valence electrons. The van der Waals surface area contributed by atoms with Crippen LogP contribution in [0.2, 0.25) is 0 Å². The van der Waals surface area contributed by atoms with Gasteiger partial charge in [-0.3, -0.25) is 4.79 Å². The second-order valence-electron chi connectivity index (χ2n) is 3.12. The molecule has 0 fully saturated rings. The zero-order valence-corrected chi connectivity index (χ0v) is 12.5. The van der Waals surface area contributed by atoms with Crippen molar-refractivity contribution in [2.24, 2.45) is 0 Å². The Morgan fingerprint density at radius 2 is 2.28 bits per heavy atom. The van der Waals surface area contributed by atoms with Crippen LogP contribution >= 0.6 is 43.2 Å². The smallest absolute Gasteiger partial charge is 0.390 e. The molecule has 0 atom stereocenters. The van der Waals surface area contributed by atoms with E-state index in [0.29, 0.717) is 9.35 Å². The first-order chi connectivity index (χ1) is 8.49. The fourth-order valence-electron chi connectivity index (χ4n) is 1.19. The van der Waals surface area contributed by atoms with Crippen molar-refractivity contribution in [2.45, 2.75) is 6.54 Å². The highest BCUT2D eigenvalue weighted by molar-refractivity contribution is 9.10. The van der Waals surface area contributed by atoms with Gasteiger partial charge in [-0.05, 0) is 37.3 Å². The maximum absolute atomic E-state index is 11.9. The SMILES string of the molecule is O=C(Cn1nc([N+](=O)[O-])nc1Br)c1sccc1Br. The van der Waals surface area contributed by atoms with Gasteiger partial charge in [-0.15, -0.1) is 11.3 Å². The molecule has 0 bridgehead atoms. The number of carbonyl (C=O) groups excluding carboxylic acids is 1. The standard InChI is InChI=1S/C8H4Br2N4O3S/c9-4-1-2-18-6(4)5(15)3-13-7(10)11-8(12-13)14(16)17/h1-2H,3H2. The van der Waals surface area contributed by atoms with Gasteiger partial charge in [0.2, 0.25) is 0 Å². The molecule has 0 aromatic carbocycles. The summed E-state index contributed by atoms with van der Waals surface area (Å²) in [6.45, 7) is -0.111. The van der Waals surface area contributed by atoms with Crippen molar-refractivity contribution >= 4 is 54.9 Å². The zero-order valence-electron chi connectivity index (χ0n) is 8.54. The van der Waals surface area contributed by atoms with Crippen LogP contribution in [0.25, 0.3) is 0 Å². The fraction of sp³-hybridized carbons (Fsp3) is 0.125. The minimum Gasteiger partial charge on any atom is -0.390 e. The third-order valence-electron chi connectivity index (χ3n) is 1.94. The second kappa shape index (κ2) is 5.24. The van der Waals surface area contributed by atoms with Gasteiger partial charge in [0, 0.05) is 25.5 Å². The van der Waals surface area contributed by atoms with Gasteiger partial charge >= 0.3 is 5.95 Å². The van der Waals surface area contributed by atoms with E-state index in [-0.39, 0.29) is 17.1 Å². The molecule has 2 heterocycles. The quantitative estimate of drug-likeness (QED) is 0.450. The third kappa shape index (κ3) is 2.65. The van der Waals surface area contributed by atoms with Crippen molar-refractivity contribution in [2.75, 3.05) is 0 Å². The number of halogens is 2. The van der Waals surface area contributed by atoms with Crippen LogP contribution in [-0.4, -0.2) is 25.5 Å². The van der Waals surface area contributed by atoms with Crippen molar-refractivity contribution < 1.29 is 9.72 Å². The summed E-state index contributed by atoms with van der Waals surface area (Å²) in [6.07, 6.45) is 0. The Bertz CT molecular complexity index is 624. The van der Waals surface area contributed by atoms with E-state index in [2.05, 4.69) is 41.9 Å². The lowest BCUT2D eigenvalue weighted by Gasteiger charge is -1.96. The van der Waals surface area contributed by atoms with Gasteiger partial charge in [-0.2, -0.15) is 4.68 Å². The first-order valence-electron chi connectivity index (χ1n) is 4.50. The normalized spacial score (nSPS) is 10.6. The van der Waals surface area contributed by atoms with Crippen LogP contribution in [0.1, 0.15) is 9.67 Å². The van der Waals surface area contributed by atoms with Gasteiger partial charge in [-0.1, -0.05) is 0 Å². The van der Waals surface area contributed by atoms with E-state index in [9.17, 15) is 14.9 Å². The Kier molecular flexibility index (Phi) is 3.88. The molecule has 0 N–H and O–H groups in total. The molecule has 18 heavy (non-hydrogen) atoms. The van der Waals surface area contributed by atoms with Crippen LogP contribution < -0.4 is 0 Å². The average Bonchev–Trinajstić information content (AvgIpc) is 2.86. The Hall–Kier alpha value is -1.13. The lowest BCUT2D eigenvalue weighted by atomic mass is 10.3. The molecular weight excluding hydrogens is 392 g/mol. The summed E-state index contributed by atoms with van der Waals surface area (Å²) in [5.41, 5.74) is 0. The van der Waals surface area contributed by atoms with Gasteiger partial charge in [-0.25, -0.2) is 0 Å². The van der Waals surface area contributed by atoms with Crippen LogP contribution in [0, 0.1) is 10.1 Å². The molecule has 2 aromatic heterocycles. The minimum absolute atomic E-state index is 0.111. The van der Waals surface area contributed by atoms with Crippen molar-refractivity contribution in [3.63, 3.8) is 0 Å². The first-order valence-corrected chi connectivity index (χ1v) is 6.96. The predicted octanol–water partition coefficient (Wildman–Crippen LogP) is 2.66. The van der Waals surface area contributed by atoms with E-state index >= 15 is 0 Å². The first kappa shape index (κ1) is 13.3. The van der Waals surface area contributed by atoms with Crippen molar-refractivity contribution in [1.82, 2.24) is 14.8 Å². The third-order valence-corrected chi connectivity index (χ3v) is 4.41. The number of thiophene rings is 1. The Labute approximate surface area is 121 Å². The molecule has 0 radical (unpaired) electrons. The molecule has 0 saturated carbocycles. The second-order valence-corrected chi connectivity index (χ2v) is 5.60. The van der Waals surface area contributed by atoms with E-state index in [1.54, 1.807) is 11.4 Å². The number of rotatable bonds is 4. The number of carbonyl (C=O) groups is 1. The molecule has 2 aromatic rings. The molecular formula is C8H4Br2N4O3S. The summed E-state index contributed by atoms with van der Waals surface area (Å²) in [4.78, 5) is 25.8. The Balaban J connectivity index is 2.22. The van der Waals surface area contributed by atoms with E-state index < -0.39 is 10.9 Å². The summed E-state index contributed by atoms with van der Waals surface area (Å²) in [5.74, 6) is -0.739. The van der Waals surface area contributed by atoms with Gasteiger partial charge in [0.1, 0.15) is 6.54 Å². The monoisotopic (exact) mass is 394 g/mol. The summed E-state index contributed by atoms with van der Waals surface area (Å²) in [5, 5.41) is 15.9. The number of Topliss-reactive ketones (excluding diaryl/α,β-unsaturated/α-hetero) is 1. The van der Waals surface area contributed by atoms with Gasteiger partial charge in [0.25, 0.3) is 4.73 Å². The summed E-state index contributed by atoms with van der Waals surface area (Å²) in [7, 11) is 0. The van der Waals surface area contributed by atoms with Crippen LogP contribution in [-0.2, 0) is 6.54 Å². The van der Waals surface area contributed by atoms with Crippen LogP contribution in [0.4, 0.5) is 5.95 Å². The average molecular weight is 396 g/mol. The molecule has 0 aliphatic carbocycles. The number of nitro groups is 1. The van der Waals surface area contributed by atoms with E-state index in [0.717, 1.165) is 4.68 Å². The lowest BCUT2D eigenvalue weighted by Crippen LogP contribution is -2.11. The van der Waals surface area contributed by atoms with Crippen molar-refractivity contribution in [3.05, 3.63) is 35.6 Å². The molecule has 0 unspecified atom stereocenters. The summed E-state index contributed by atoms with van der Waals surface area (Å²) in [6, 6.07) is 1.76. The minimum atomic E-state index is -0.715. The molecule has 10 heteroatoms. The van der Waals surface area contributed by atoms with Gasteiger partial charge in [0.15, 0.2) is 5.78 Å². The van der Waals surface area contributed by atoms with E-state index in [4.69, 9.17) is 0 Å². The molecule has 0 aliphatic heterocycles. The number of hydrogen-bond donors (Lipinski definition) is 0. The summed E-state index contributed by atoms with van der Waals surface area (Å²) >= 11 is 7.56. The van der Waals surface area contributed by atoms with Crippen LogP contribution in [0.15, 0.2) is 20.7 Å². The Morgan fingerprint density at radius 1 is 1.56 bits per heavy atom. The zero-order chi connectivity index (χ0) is 13.3. The van der Waals surface area contributed by atoms with E-state index in [1.165, 1.54) is 11.3 Å². The highest BCUT2D eigenvalue weighted by Gasteiger charge is 2.22. The van der Waals surface area contributed by atoms with Crippen molar-refractivity contribution in [3.8, 4) is 0 Å². The molecule has 2 rings (SSSR count). The lowest BCUT2D eigenvalue weighted by molar-refractivity contribution is -0.394. The number of aromatic nitrogens is 3. The van der Waals surface area contributed by atoms with Crippen LogP contribution in [0.3, 0.4) is 0 Å². The van der Waals surface area contributed by atoms with Gasteiger partial charge in [0.05, 0.1) is 4.88 Å². The Morgan fingerprint density at radius 3 is 2.78 bits per heavy atom. The molecule has 0 saturated heterocycles. The maximum atomic E-state index is 11.9.